The van der Waals surface area contributed by atoms with E-state index in [-0.39, 0.29) is 54.8 Å². The molecule has 5 rings (SSSR count). The molecular weight excluding hydrogens is 648 g/mol. The maximum atomic E-state index is 13.4. The summed E-state index contributed by atoms with van der Waals surface area (Å²) < 4.78 is 80.3. The number of likely N-dealkylation sites (tertiary alicyclic amines) is 1. The van der Waals surface area contributed by atoms with Gasteiger partial charge in [0.05, 0.1) is 23.3 Å². The lowest BCUT2D eigenvalue weighted by atomic mass is 9.60. The average Bonchev–Trinajstić information content (AvgIpc) is 3.45. The van der Waals surface area contributed by atoms with E-state index in [0.717, 1.165) is 49.8 Å². The minimum Gasteiger partial charge on any atom is -0.393 e. The third kappa shape index (κ3) is 7.99. The molecule has 49 heavy (non-hydrogen) atoms. The van der Waals surface area contributed by atoms with E-state index in [1.54, 1.807) is 4.90 Å². The van der Waals surface area contributed by atoms with Crippen LogP contribution in [0.1, 0.15) is 102 Å². The van der Waals surface area contributed by atoms with Gasteiger partial charge in [-0.05, 0) is 123 Å². The van der Waals surface area contributed by atoms with Gasteiger partial charge < -0.3 is 20.2 Å². The molecule has 1 amide bonds. The summed E-state index contributed by atoms with van der Waals surface area (Å²) in [5, 5.41) is 31.4. The highest BCUT2D eigenvalue weighted by Crippen LogP contribution is 2.60. The summed E-state index contributed by atoms with van der Waals surface area (Å²) in [6, 6.07) is 1.28. The Bertz CT molecular complexity index is 1450. The zero-order valence-electron chi connectivity index (χ0n) is 28.5. The first-order chi connectivity index (χ1) is 22.7. The monoisotopic (exact) mass is 697 g/mol. The number of halogens is 6. The maximum Gasteiger partial charge on any atom is 0.416 e. The van der Waals surface area contributed by atoms with Crippen LogP contribution >= 0.6 is 0 Å². The summed E-state index contributed by atoms with van der Waals surface area (Å²) in [6.07, 6.45) is -0.233. The topological polar surface area (TPSA) is 81.0 Å². The molecule has 0 bridgehead atoms. The summed E-state index contributed by atoms with van der Waals surface area (Å²) in [7, 11) is 0. The molecule has 0 radical (unpaired) electrons. The molecule has 3 saturated carbocycles. The average molecular weight is 698 g/mol. The number of alkyl halides is 6. The van der Waals surface area contributed by atoms with Crippen molar-refractivity contribution in [1.82, 2.24) is 4.90 Å². The first kappa shape index (κ1) is 37.6. The number of hydrogen-bond acceptors (Lipinski definition) is 4. The fourth-order valence-electron chi connectivity index (χ4n) is 9.52. The van der Waals surface area contributed by atoms with Crippen molar-refractivity contribution in [3.05, 3.63) is 70.3 Å². The van der Waals surface area contributed by atoms with E-state index >= 15 is 0 Å². The lowest BCUT2D eigenvalue weighted by molar-refractivity contribution is -0.143. The van der Waals surface area contributed by atoms with E-state index in [1.807, 2.05) is 6.08 Å². The number of allylic oxidation sites excluding steroid dienone is 3. The summed E-state index contributed by atoms with van der Waals surface area (Å²) in [4.78, 5) is 14.9. The SMILES string of the molecule is C=C1/C(=C\C=C2/CCC[C@]3(C)[C@@H]([C@H](C)C[C@H]4C[C@@](C)(O)C(=O)N4CCCc4cc(C(F)(F)F)cc(C(F)(F)F)c4)CC[C@@H]23)C[C@@H](O)C[C@@H]1O. The number of rotatable bonds is 8. The van der Waals surface area contributed by atoms with E-state index < -0.39 is 47.2 Å². The number of nitrogens with zero attached hydrogens (tertiary/aromatic N) is 1. The van der Waals surface area contributed by atoms with E-state index in [2.05, 4.69) is 26.5 Å². The van der Waals surface area contributed by atoms with Crippen LogP contribution in [0.25, 0.3) is 0 Å². The molecule has 5 nitrogen and oxygen atoms in total. The Morgan fingerprint density at radius 1 is 1.04 bits per heavy atom. The number of fused-ring (bicyclic) bond motifs is 1. The Labute approximate surface area is 284 Å². The van der Waals surface area contributed by atoms with Crippen molar-refractivity contribution in [2.75, 3.05) is 6.54 Å². The minimum absolute atomic E-state index is 0.0280. The van der Waals surface area contributed by atoms with Crippen LogP contribution in [-0.2, 0) is 23.6 Å². The second-order valence-corrected chi connectivity index (χ2v) is 15.5. The van der Waals surface area contributed by atoms with Gasteiger partial charge in [0, 0.05) is 25.4 Å². The molecule has 0 spiro atoms. The zero-order chi connectivity index (χ0) is 36.1. The maximum absolute atomic E-state index is 13.4. The Hall–Kier alpha value is -2.63. The fourth-order valence-corrected chi connectivity index (χ4v) is 9.52. The van der Waals surface area contributed by atoms with E-state index in [9.17, 15) is 46.5 Å². The molecular formula is C38H49F6NO4. The van der Waals surface area contributed by atoms with E-state index in [4.69, 9.17) is 0 Å². The van der Waals surface area contributed by atoms with E-state index in [1.165, 1.54) is 12.5 Å². The van der Waals surface area contributed by atoms with Gasteiger partial charge >= 0.3 is 12.4 Å². The standard InChI is InChI=1S/C38H49F6NO4/c1-22(31-11-12-32-25(8-5-13-35(31,32)3)9-10-26-18-30(46)20-33(47)23(26)2)15-29-21-36(4,49)34(48)45(29)14-6-7-24-16-27(37(39,40)41)19-28(17-24)38(42,43)44/h9-10,16-17,19,22,29-33,46-47,49H,2,5-8,11-15,18,20-21H2,1,3-4H3/b25-9+,26-10-/t22-,29+,30-,31-,32+,33+,35-,36-/m1/s1. The first-order valence-corrected chi connectivity index (χ1v) is 17.5. The Morgan fingerprint density at radius 3 is 2.33 bits per heavy atom. The van der Waals surface area contributed by atoms with Crippen LogP contribution < -0.4 is 0 Å². The van der Waals surface area contributed by atoms with Gasteiger partial charge in [0.15, 0.2) is 0 Å². The zero-order valence-corrected chi connectivity index (χ0v) is 28.5. The molecule has 11 heteroatoms. The van der Waals surface area contributed by atoms with Gasteiger partial charge in [0.25, 0.3) is 5.91 Å². The number of aliphatic hydroxyl groups is 3. The second kappa shape index (κ2) is 13.8. The lowest BCUT2D eigenvalue weighted by Crippen LogP contribution is -2.41. The molecule has 1 heterocycles. The van der Waals surface area contributed by atoms with Crippen LogP contribution in [0.2, 0.25) is 0 Å². The van der Waals surface area contributed by atoms with Gasteiger partial charge in [-0.25, -0.2) is 0 Å². The van der Waals surface area contributed by atoms with Crippen molar-refractivity contribution >= 4 is 5.91 Å². The highest BCUT2D eigenvalue weighted by atomic mass is 19.4. The lowest BCUT2D eigenvalue weighted by Gasteiger charge is -2.45. The largest absolute Gasteiger partial charge is 0.416 e. The van der Waals surface area contributed by atoms with Gasteiger partial charge in [0.1, 0.15) is 5.60 Å². The predicted molar refractivity (Wildman–Crippen MR) is 174 cm³/mol. The van der Waals surface area contributed by atoms with Crippen LogP contribution in [0.5, 0.6) is 0 Å². The Kier molecular flexibility index (Phi) is 10.6. The highest BCUT2D eigenvalue weighted by molar-refractivity contribution is 5.87. The quantitative estimate of drug-likeness (QED) is 0.240. The third-order valence-electron chi connectivity index (χ3n) is 11.9. The molecule has 8 atom stereocenters. The molecule has 0 unspecified atom stereocenters. The third-order valence-corrected chi connectivity index (χ3v) is 11.9. The fraction of sp³-hybridized carbons (Fsp3) is 0.658. The van der Waals surface area contributed by atoms with Gasteiger partial charge in [0.2, 0.25) is 0 Å². The van der Waals surface area contributed by atoms with Crippen molar-refractivity contribution < 1.29 is 46.5 Å². The van der Waals surface area contributed by atoms with Crippen LogP contribution in [0, 0.1) is 23.2 Å². The molecule has 4 aliphatic rings. The number of aliphatic hydroxyl groups excluding tert-OH is 2. The normalized spacial score (nSPS) is 35.0. The number of carbonyl (C=O) groups is 1. The number of carbonyl (C=O) groups excluding carboxylic acids is 1. The summed E-state index contributed by atoms with van der Waals surface area (Å²) >= 11 is 0. The van der Waals surface area contributed by atoms with Crippen LogP contribution in [-0.4, -0.2) is 56.5 Å². The van der Waals surface area contributed by atoms with Crippen molar-refractivity contribution in [3.8, 4) is 0 Å². The van der Waals surface area contributed by atoms with Crippen LogP contribution in [0.15, 0.2) is 53.6 Å². The molecule has 1 aromatic carbocycles. The molecule has 1 saturated heterocycles. The van der Waals surface area contributed by atoms with Crippen molar-refractivity contribution in [1.29, 1.82) is 0 Å². The molecule has 1 aliphatic heterocycles. The Morgan fingerprint density at radius 2 is 1.69 bits per heavy atom. The van der Waals surface area contributed by atoms with Gasteiger partial charge in [-0.2, -0.15) is 26.3 Å². The van der Waals surface area contributed by atoms with E-state index in [0.29, 0.717) is 36.7 Å². The molecule has 3 N–H and O–H groups in total. The second-order valence-electron chi connectivity index (χ2n) is 15.5. The number of amides is 1. The summed E-state index contributed by atoms with van der Waals surface area (Å²) in [5.41, 5.74) is -1.49. The molecule has 4 fully saturated rings. The molecule has 1 aromatic rings. The summed E-state index contributed by atoms with van der Waals surface area (Å²) in [6.45, 7) is 10.1. The number of benzene rings is 1. The van der Waals surface area contributed by atoms with Gasteiger partial charge in [-0.3, -0.25) is 4.79 Å². The predicted octanol–water partition coefficient (Wildman–Crippen LogP) is 8.18. The van der Waals surface area contributed by atoms with Gasteiger partial charge in [-0.1, -0.05) is 38.2 Å². The highest BCUT2D eigenvalue weighted by Gasteiger charge is 2.53. The molecule has 3 aliphatic carbocycles. The van der Waals surface area contributed by atoms with Crippen molar-refractivity contribution in [2.24, 2.45) is 23.2 Å². The van der Waals surface area contributed by atoms with Crippen molar-refractivity contribution in [2.45, 2.75) is 128 Å². The smallest absolute Gasteiger partial charge is 0.393 e. The van der Waals surface area contributed by atoms with Crippen LogP contribution in [0.4, 0.5) is 26.3 Å². The first-order valence-electron chi connectivity index (χ1n) is 17.5. The van der Waals surface area contributed by atoms with Crippen molar-refractivity contribution in [3.63, 3.8) is 0 Å². The molecule has 272 valence electrons. The van der Waals surface area contributed by atoms with Crippen LogP contribution in [0.3, 0.4) is 0 Å². The minimum atomic E-state index is -4.93. The Balaban J connectivity index is 1.27. The van der Waals surface area contributed by atoms with Gasteiger partial charge in [-0.15, -0.1) is 0 Å². The molecule has 0 aromatic heterocycles. The number of hydrogen-bond donors (Lipinski definition) is 3. The summed E-state index contributed by atoms with van der Waals surface area (Å²) in [5.74, 6) is 0.463. The number of aryl methyl sites for hydroxylation is 1.